The third-order valence-electron chi connectivity index (χ3n) is 4.35. The van der Waals surface area contributed by atoms with E-state index in [1.165, 1.54) is 11.8 Å². The Morgan fingerprint density at radius 2 is 2.15 bits per heavy atom. The molecule has 0 atom stereocenters. The van der Waals surface area contributed by atoms with E-state index in [4.69, 9.17) is 9.15 Å². The number of ether oxygens (including phenoxy) is 1. The first-order chi connectivity index (χ1) is 12.8. The van der Waals surface area contributed by atoms with E-state index in [-0.39, 0.29) is 6.10 Å². The van der Waals surface area contributed by atoms with Gasteiger partial charge in [0.15, 0.2) is 10.2 Å². The van der Waals surface area contributed by atoms with Crippen LogP contribution in [0.1, 0.15) is 18.6 Å². The Kier molecular flexibility index (Phi) is 5.21. The number of piperidine rings is 1. The second-order valence-corrected chi connectivity index (χ2v) is 7.30. The molecule has 1 saturated heterocycles. The van der Waals surface area contributed by atoms with Gasteiger partial charge >= 0.3 is 0 Å². The third-order valence-corrected chi connectivity index (χ3v) is 5.32. The minimum atomic E-state index is 0.258. The summed E-state index contributed by atoms with van der Waals surface area (Å²) < 4.78 is 13.8. The number of nitrogens with zero attached hydrogens (tertiary/aromatic N) is 5. The molecule has 0 bridgehead atoms. The van der Waals surface area contributed by atoms with Crippen molar-refractivity contribution in [2.75, 3.05) is 13.1 Å². The van der Waals surface area contributed by atoms with E-state index in [1.807, 2.05) is 35.9 Å². The van der Waals surface area contributed by atoms with Crippen molar-refractivity contribution in [3.05, 3.63) is 48.7 Å². The highest BCUT2D eigenvalue weighted by Gasteiger charge is 2.21. The number of hydrogen-bond donors (Lipinski definition) is 0. The van der Waals surface area contributed by atoms with E-state index in [2.05, 4.69) is 20.1 Å². The van der Waals surface area contributed by atoms with Gasteiger partial charge in [-0.1, -0.05) is 0 Å². The summed E-state index contributed by atoms with van der Waals surface area (Å²) in [6.07, 6.45) is 7.49. The van der Waals surface area contributed by atoms with E-state index in [0.29, 0.717) is 0 Å². The molecular weight excluding hydrogens is 350 g/mol. The summed E-state index contributed by atoms with van der Waals surface area (Å²) in [7, 11) is 1.92. The average Bonchev–Trinajstić information content (AvgIpc) is 3.27. The van der Waals surface area contributed by atoms with Crippen LogP contribution in [0.5, 0.6) is 5.75 Å². The second-order valence-electron chi connectivity index (χ2n) is 6.33. The van der Waals surface area contributed by atoms with Crippen molar-refractivity contribution in [1.29, 1.82) is 0 Å². The van der Waals surface area contributed by atoms with Crippen LogP contribution in [0.2, 0.25) is 0 Å². The maximum absolute atomic E-state index is 6.00. The zero-order valence-electron chi connectivity index (χ0n) is 14.6. The van der Waals surface area contributed by atoms with Gasteiger partial charge < -0.3 is 13.7 Å². The quantitative estimate of drug-likeness (QED) is 0.660. The molecule has 136 valence electrons. The van der Waals surface area contributed by atoms with Crippen LogP contribution in [0.4, 0.5) is 0 Å². The standard InChI is InChI=1S/C18H21N5O2S/c1-22-13-20-21-18(22)26-17-5-4-16(25-17)12-23-9-6-14(7-10-23)24-15-3-2-8-19-11-15/h2-5,8,11,13-14H,6-7,9-10,12H2,1H3. The fourth-order valence-corrected chi connectivity index (χ4v) is 3.71. The number of furan rings is 1. The lowest BCUT2D eigenvalue weighted by atomic mass is 10.1. The number of likely N-dealkylation sites (tertiary alicyclic amines) is 1. The predicted molar refractivity (Wildman–Crippen MR) is 97.0 cm³/mol. The maximum Gasteiger partial charge on any atom is 0.198 e. The summed E-state index contributed by atoms with van der Waals surface area (Å²) in [6, 6.07) is 7.89. The summed E-state index contributed by atoms with van der Waals surface area (Å²) >= 11 is 1.48. The zero-order chi connectivity index (χ0) is 17.8. The van der Waals surface area contributed by atoms with Crippen molar-refractivity contribution in [3.63, 3.8) is 0 Å². The van der Waals surface area contributed by atoms with Gasteiger partial charge in [0.25, 0.3) is 0 Å². The summed E-state index contributed by atoms with van der Waals surface area (Å²) in [5.74, 6) is 1.82. The van der Waals surface area contributed by atoms with Gasteiger partial charge in [-0.15, -0.1) is 10.2 Å². The van der Waals surface area contributed by atoms with Gasteiger partial charge in [-0.25, -0.2) is 0 Å². The normalized spacial score (nSPS) is 16.0. The molecule has 26 heavy (non-hydrogen) atoms. The Balaban J connectivity index is 1.26. The second kappa shape index (κ2) is 7.92. The Morgan fingerprint density at radius 1 is 1.27 bits per heavy atom. The fourth-order valence-electron chi connectivity index (χ4n) is 2.97. The first-order valence-corrected chi connectivity index (χ1v) is 9.47. The van der Waals surface area contributed by atoms with E-state index in [0.717, 1.165) is 54.2 Å². The van der Waals surface area contributed by atoms with Crippen molar-refractivity contribution >= 4 is 11.8 Å². The van der Waals surface area contributed by atoms with E-state index < -0.39 is 0 Å². The molecule has 0 N–H and O–H groups in total. The predicted octanol–water partition coefficient (Wildman–Crippen LogP) is 3.00. The minimum Gasteiger partial charge on any atom is -0.489 e. The summed E-state index contributed by atoms with van der Waals surface area (Å²) in [5.41, 5.74) is 0. The van der Waals surface area contributed by atoms with Gasteiger partial charge in [-0.3, -0.25) is 9.88 Å². The summed E-state index contributed by atoms with van der Waals surface area (Å²) in [6.45, 7) is 2.81. The molecule has 4 rings (SSSR count). The van der Waals surface area contributed by atoms with Gasteiger partial charge in [0.05, 0.1) is 12.7 Å². The van der Waals surface area contributed by atoms with Crippen LogP contribution >= 0.6 is 11.8 Å². The zero-order valence-corrected chi connectivity index (χ0v) is 15.4. The fraction of sp³-hybridized carbons (Fsp3) is 0.389. The molecule has 1 aliphatic heterocycles. The largest absolute Gasteiger partial charge is 0.489 e. The molecule has 3 aromatic heterocycles. The van der Waals surface area contributed by atoms with Crippen LogP contribution in [0.15, 0.2) is 57.7 Å². The number of aryl methyl sites for hydroxylation is 1. The van der Waals surface area contributed by atoms with Crippen LogP contribution in [0, 0.1) is 0 Å². The molecule has 0 radical (unpaired) electrons. The number of hydrogen-bond acceptors (Lipinski definition) is 7. The van der Waals surface area contributed by atoms with Gasteiger partial charge in [-0.05, 0) is 48.9 Å². The van der Waals surface area contributed by atoms with Crippen molar-refractivity contribution in [3.8, 4) is 5.75 Å². The Hall–Kier alpha value is -2.32. The van der Waals surface area contributed by atoms with Gasteiger partial charge in [0, 0.05) is 26.3 Å². The highest BCUT2D eigenvalue weighted by molar-refractivity contribution is 7.99. The van der Waals surface area contributed by atoms with Crippen LogP contribution in [-0.4, -0.2) is 43.8 Å². The van der Waals surface area contributed by atoms with Crippen LogP contribution < -0.4 is 4.74 Å². The molecule has 4 heterocycles. The van der Waals surface area contributed by atoms with Crippen LogP contribution in [0.3, 0.4) is 0 Å². The number of rotatable bonds is 6. The van der Waals surface area contributed by atoms with Crippen molar-refractivity contribution in [1.82, 2.24) is 24.6 Å². The topological polar surface area (TPSA) is 69.2 Å². The highest BCUT2D eigenvalue weighted by Crippen LogP contribution is 2.28. The molecular formula is C18H21N5O2S. The van der Waals surface area contributed by atoms with Crippen LogP contribution in [-0.2, 0) is 13.6 Å². The van der Waals surface area contributed by atoms with Gasteiger partial charge in [-0.2, -0.15) is 0 Å². The summed E-state index contributed by atoms with van der Waals surface area (Å²) in [5, 5.41) is 9.61. The molecule has 0 spiro atoms. The SMILES string of the molecule is Cn1cnnc1Sc1ccc(CN2CCC(Oc3cccnc3)CC2)o1. The molecule has 1 aliphatic rings. The van der Waals surface area contributed by atoms with Crippen molar-refractivity contribution in [2.24, 2.45) is 7.05 Å². The molecule has 1 fully saturated rings. The monoisotopic (exact) mass is 371 g/mol. The molecule has 0 unspecified atom stereocenters. The first kappa shape index (κ1) is 17.1. The van der Waals surface area contributed by atoms with Gasteiger partial charge in [0.1, 0.15) is 23.9 Å². The lowest BCUT2D eigenvalue weighted by molar-refractivity contribution is 0.0918. The summed E-state index contributed by atoms with van der Waals surface area (Å²) in [4.78, 5) is 6.50. The molecule has 0 aromatic carbocycles. The van der Waals surface area contributed by atoms with Crippen LogP contribution in [0.25, 0.3) is 0 Å². The van der Waals surface area contributed by atoms with E-state index >= 15 is 0 Å². The van der Waals surface area contributed by atoms with Crippen molar-refractivity contribution < 1.29 is 9.15 Å². The molecule has 3 aromatic rings. The maximum atomic E-state index is 6.00. The van der Waals surface area contributed by atoms with E-state index in [9.17, 15) is 0 Å². The highest BCUT2D eigenvalue weighted by atomic mass is 32.2. The minimum absolute atomic E-state index is 0.258. The van der Waals surface area contributed by atoms with E-state index in [1.54, 1.807) is 18.7 Å². The molecule has 0 saturated carbocycles. The lowest BCUT2D eigenvalue weighted by Gasteiger charge is -2.31. The first-order valence-electron chi connectivity index (χ1n) is 8.66. The third kappa shape index (κ3) is 4.25. The smallest absolute Gasteiger partial charge is 0.198 e. The average molecular weight is 371 g/mol. The molecule has 7 nitrogen and oxygen atoms in total. The lowest BCUT2D eigenvalue weighted by Crippen LogP contribution is -2.37. The Labute approximate surface area is 156 Å². The van der Waals surface area contributed by atoms with Crippen molar-refractivity contribution in [2.45, 2.75) is 35.7 Å². The molecule has 8 heteroatoms. The number of pyridine rings is 1. The molecule has 0 amide bonds. The Bertz CT molecular complexity index is 827. The molecule has 0 aliphatic carbocycles. The van der Waals surface area contributed by atoms with Gasteiger partial charge in [0.2, 0.25) is 0 Å². The number of aromatic nitrogens is 4. The Morgan fingerprint density at radius 3 is 2.88 bits per heavy atom.